The number of rotatable bonds is 7. The number of ether oxygens (including phenoxy) is 1. The molecule has 110 valence electrons. The normalized spacial score (nSPS) is 10.3. The van der Waals surface area contributed by atoms with Crippen LogP contribution in [0, 0.1) is 11.6 Å². The summed E-state index contributed by atoms with van der Waals surface area (Å²) in [5.41, 5.74) is -1.08. The van der Waals surface area contributed by atoms with Gasteiger partial charge in [0.05, 0.1) is 24.3 Å². The highest BCUT2D eigenvalue weighted by atomic mass is 19.1. The second kappa shape index (κ2) is 7.54. The zero-order valence-corrected chi connectivity index (χ0v) is 10.9. The lowest BCUT2D eigenvalue weighted by Crippen LogP contribution is -2.16. The average Bonchev–Trinajstić information content (AvgIpc) is 2.37. The highest BCUT2D eigenvalue weighted by Crippen LogP contribution is 2.19. The fraction of sp³-hybridized carbons (Fsp3) is 0.385. The lowest BCUT2D eigenvalue weighted by atomic mass is 10.1. The van der Waals surface area contributed by atoms with Crippen molar-refractivity contribution in [2.75, 3.05) is 18.5 Å². The molecule has 1 amide bonds. The fourth-order valence-corrected chi connectivity index (χ4v) is 1.43. The molecule has 0 spiro atoms. The summed E-state index contributed by atoms with van der Waals surface area (Å²) < 4.78 is 31.7. The smallest absolute Gasteiger partial charge is 0.338 e. The summed E-state index contributed by atoms with van der Waals surface area (Å²) in [6.07, 6.45) is 0.815. The molecule has 0 atom stereocenters. The number of nitrogens with one attached hydrogen (secondary N) is 1. The van der Waals surface area contributed by atoms with E-state index in [1.54, 1.807) is 0 Å². The van der Waals surface area contributed by atoms with E-state index in [9.17, 15) is 18.4 Å². The van der Waals surface area contributed by atoms with Crippen LogP contribution >= 0.6 is 0 Å². The van der Waals surface area contributed by atoms with E-state index in [2.05, 4.69) is 5.32 Å². The molecule has 0 saturated carbocycles. The summed E-state index contributed by atoms with van der Waals surface area (Å²) in [5.74, 6) is -4.30. The van der Waals surface area contributed by atoms with E-state index >= 15 is 0 Å². The van der Waals surface area contributed by atoms with Gasteiger partial charge in [0.2, 0.25) is 5.91 Å². The minimum absolute atomic E-state index is 0.000773. The van der Waals surface area contributed by atoms with Crippen molar-refractivity contribution in [2.24, 2.45) is 0 Å². The number of hydrogen-bond acceptors (Lipinski definition) is 3. The number of anilines is 1. The minimum Gasteiger partial charge on any atom is -0.478 e. The van der Waals surface area contributed by atoms with Crippen LogP contribution in [0.5, 0.6) is 0 Å². The number of hydrogen-bond donors (Lipinski definition) is 2. The molecular weight excluding hydrogens is 272 g/mol. The molecule has 0 aliphatic rings. The maximum atomic E-state index is 13.4. The second-order valence-electron chi connectivity index (χ2n) is 4.03. The van der Waals surface area contributed by atoms with Gasteiger partial charge in [-0.15, -0.1) is 0 Å². The van der Waals surface area contributed by atoms with Crippen LogP contribution in [-0.4, -0.2) is 30.2 Å². The molecule has 1 aromatic rings. The van der Waals surface area contributed by atoms with Gasteiger partial charge in [0, 0.05) is 12.7 Å². The molecule has 0 aromatic heterocycles. The zero-order chi connectivity index (χ0) is 15.1. The van der Waals surface area contributed by atoms with E-state index in [1.165, 1.54) is 0 Å². The van der Waals surface area contributed by atoms with E-state index in [4.69, 9.17) is 9.84 Å². The monoisotopic (exact) mass is 287 g/mol. The molecular formula is C13H15F2NO4. The molecule has 0 unspecified atom stereocenters. The molecule has 0 radical (unpaired) electrons. The lowest BCUT2D eigenvalue weighted by molar-refractivity contribution is -0.117. The van der Waals surface area contributed by atoms with Crippen LogP contribution in [0.2, 0.25) is 0 Å². The maximum Gasteiger partial charge on any atom is 0.338 e. The first-order valence-electron chi connectivity index (χ1n) is 6.05. The molecule has 0 fully saturated rings. The van der Waals surface area contributed by atoms with Gasteiger partial charge in [-0.25, -0.2) is 13.6 Å². The van der Waals surface area contributed by atoms with E-state index < -0.39 is 29.1 Å². The predicted molar refractivity (Wildman–Crippen MR) is 67.7 cm³/mol. The van der Waals surface area contributed by atoms with Crippen molar-refractivity contribution in [3.8, 4) is 0 Å². The third-order valence-electron chi connectivity index (χ3n) is 2.38. The Morgan fingerprint density at radius 1 is 1.25 bits per heavy atom. The molecule has 2 N–H and O–H groups in total. The van der Waals surface area contributed by atoms with Crippen molar-refractivity contribution >= 4 is 17.6 Å². The lowest BCUT2D eigenvalue weighted by Gasteiger charge is -2.08. The van der Waals surface area contributed by atoms with Crippen molar-refractivity contribution in [2.45, 2.75) is 19.8 Å². The predicted octanol–water partition coefficient (Wildman–Crippen LogP) is 2.42. The highest BCUT2D eigenvalue weighted by Gasteiger charge is 2.16. The summed E-state index contributed by atoms with van der Waals surface area (Å²) in [4.78, 5) is 22.2. The van der Waals surface area contributed by atoms with E-state index in [0.29, 0.717) is 12.7 Å². The molecule has 0 heterocycles. The Labute approximate surface area is 114 Å². The topological polar surface area (TPSA) is 75.6 Å². The number of carboxylic acids is 1. The van der Waals surface area contributed by atoms with E-state index in [0.717, 1.165) is 12.5 Å². The molecule has 0 aliphatic heterocycles. The van der Waals surface area contributed by atoms with Gasteiger partial charge in [-0.2, -0.15) is 0 Å². The van der Waals surface area contributed by atoms with Gasteiger partial charge >= 0.3 is 5.97 Å². The Balaban J connectivity index is 2.69. The summed E-state index contributed by atoms with van der Waals surface area (Å²) in [6.45, 7) is 2.61. The van der Waals surface area contributed by atoms with Gasteiger partial charge in [-0.3, -0.25) is 4.79 Å². The number of aromatic carboxylic acids is 1. The van der Waals surface area contributed by atoms with E-state index in [-0.39, 0.29) is 18.7 Å². The highest BCUT2D eigenvalue weighted by molar-refractivity contribution is 5.94. The molecule has 20 heavy (non-hydrogen) atoms. The van der Waals surface area contributed by atoms with Crippen molar-refractivity contribution in [1.82, 2.24) is 0 Å². The Bertz CT molecular complexity index is 505. The Kier molecular flexibility index (Phi) is 6.05. The van der Waals surface area contributed by atoms with Gasteiger partial charge in [0.1, 0.15) is 11.6 Å². The second-order valence-corrected chi connectivity index (χ2v) is 4.03. The molecule has 0 aliphatic carbocycles. The number of carbonyl (C=O) groups excluding carboxylic acids is 1. The first-order chi connectivity index (χ1) is 9.45. The van der Waals surface area contributed by atoms with Crippen molar-refractivity contribution in [1.29, 1.82) is 0 Å². The Hall–Kier alpha value is -2.02. The quantitative estimate of drug-likeness (QED) is 0.755. The van der Waals surface area contributed by atoms with Crippen molar-refractivity contribution in [3.05, 3.63) is 29.3 Å². The number of amides is 1. The largest absolute Gasteiger partial charge is 0.478 e. The average molecular weight is 287 g/mol. The Morgan fingerprint density at radius 2 is 1.95 bits per heavy atom. The van der Waals surface area contributed by atoms with Crippen LogP contribution in [-0.2, 0) is 9.53 Å². The molecule has 7 heteroatoms. The fourth-order valence-electron chi connectivity index (χ4n) is 1.43. The van der Waals surface area contributed by atoms with Crippen molar-refractivity contribution in [3.63, 3.8) is 0 Å². The minimum atomic E-state index is -1.54. The van der Waals surface area contributed by atoms with Gasteiger partial charge in [-0.05, 0) is 12.5 Å². The molecule has 0 saturated heterocycles. The number of carboxylic acid groups (broad SMARTS) is 1. The molecule has 1 rings (SSSR count). The summed E-state index contributed by atoms with van der Waals surface area (Å²) in [6, 6.07) is 1.17. The van der Waals surface area contributed by atoms with E-state index in [1.807, 2.05) is 6.92 Å². The van der Waals surface area contributed by atoms with Crippen LogP contribution in [0.3, 0.4) is 0 Å². The van der Waals surface area contributed by atoms with Crippen LogP contribution in [0.1, 0.15) is 30.1 Å². The number of halogens is 2. The third kappa shape index (κ3) is 4.58. The maximum absolute atomic E-state index is 13.4. The number of benzene rings is 1. The number of carbonyl (C=O) groups is 2. The van der Waals surface area contributed by atoms with Crippen LogP contribution in [0.4, 0.5) is 14.5 Å². The van der Waals surface area contributed by atoms with Gasteiger partial charge in [0.15, 0.2) is 0 Å². The summed E-state index contributed by atoms with van der Waals surface area (Å²) >= 11 is 0. The van der Waals surface area contributed by atoms with Gasteiger partial charge < -0.3 is 15.2 Å². The molecule has 0 bridgehead atoms. The van der Waals surface area contributed by atoms with Gasteiger partial charge in [-0.1, -0.05) is 6.92 Å². The first kappa shape index (κ1) is 16.0. The Morgan fingerprint density at radius 3 is 2.55 bits per heavy atom. The molecule has 5 nitrogen and oxygen atoms in total. The van der Waals surface area contributed by atoms with Gasteiger partial charge in [0.25, 0.3) is 0 Å². The summed E-state index contributed by atoms with van der Waals surface area (Å²) in [7, 11) is 0. The van der Waals surface area contributed by atoms with Crippen molar-refractivity contribution < 1.29 is 28.2 Å². The third-order valence-corrected chi connectivity index (χ3v) is 2.38. The standard InChI is InChI=1S/C13H15F2NO4/c1-2-4-20-5-3-12(17)16-11-6-8(13(18)19)9(14)7-10(11)15/h6-7H,2-5H2,1H3,(H,16,17)(H,18,19). The SMILES string of the molecule is CCCOCCC(=O)Nc1cc(C(=O)O)c(F)cc1F. The van der Waals surface area contributed by atoms with Crippen LogP contribution in [0.15, 0.2) is 12.1 Å². The van der Waals surface area contributed by atoms with Crippen LogP contribution < -0.4 is 5.32 Å². The molecule has 1 aromatic carbocycles. The first-order valence-corrected chi connectivity index (χ1v) is 6.05. The zero-order valence-electron chi connectivity index (χ0n) is 10.9. The van der Waals surface area contributed by atoms with Crippen LogP contribution in [0.25, 0.3) is 0 Å². The summed E-state index contributed by atoms with van der Waals surface area (Å²) in [5, 5.41) is 10.9.